The molecule has 0 saturated heterocycles. The van der Waals surface area contributed by atoms with Gasteiger partial charge in [-0.05, 0) is 68.0 Å². The SMILES string of the molecule is CCNC(=NCc1ccc(C(=O)N(CC)CC)cc1)NCc1ccc(F)cc1CSC.I. The maximum Gasteiger partial charge on any atom is 0.253 e. The zero-order valence-electron chi connectivity index (χ0n) is 19.3. The lowest BCUT2D eigenvalue weighted by Crippen LogP contribution is -2.37. The van der Waals surface area contributed by atoms with Crippen LogP contribution in [0.15, 0.2) is 47.5 Å². The summed E-state index contributed by atoms with van der Waals surface area (Å²) in [6, 6.07) is 12.5. The highest BCUT2D eigenvalue weighted by atomic mass is 127. The molecular weight excluding hydrogens is 538 g/mol. The quantitative estimate of drug-likeness (QED) is 0.238. The van der Waals surface area contributed by atoms with Crippen LogP contribution in [0, 0.1) is 5.82 Å². The van der Waals surface area contributed by atoms with Gasteiger partial charge in [0.15, 0.2) is 5.96 Å². The van der Waals surface area contributed by atoms with Crippen LogP contribution in [0.5, 0.6) is 0 Å². The van der Waals surface area contributed by atoms with Crippen molar-refractivity contribution < 1.29 is 9.18 Å². The topological polar surface area (TPSA) is 56.7 Å². The number of rotatable bonds is 10. The normalized spacial score (nSPS) is 11.0. The Kier molecular flexibility index (Phi) is 13.3. The Bertz CT molecular complexity index is 873. The van der Waals surface area contributed by atoms with E-state index in [1.165, 1.54) is 6.07 Å². The standard InChI is InChI=1S/C24H33FN4OS.HI/c1-5-26-24(28-16-20-12-13-22(25)14-21(20)17-31-4)27-15-18-8-10-19(11-9-18)23(30)29(6-2)7-3;/h8-14H,5-7,15-17H2,1-4H3,(H2,26,27,28);1H. The Morgan fingerprint density at radius 3 is 2.31 bits per heavy atom. The lowest BCUT2D eigenvalue weighted by atomic mass is 10.1. The van der Waals surface area contributed by atoms with Crippen molar-refractivity contribution in [2.45, 2.75) is 39.6 Å². The largest absolute Gasteiger partial charge is 0.357 e. The van der Waals surface area contributed by atoms with Crippen LogP contribution in [-0.4, -0.2) is 42.7 Å². The van der Waals surface area contributed by atoms with Gasteiger partial charge in [-0.1, -0.05) is 18.2 Å². The molecule has 2 aromatic rings. The van der Waals surface area contributed by atoms with Crippen LogP contribution >= 0.6 is 35.7 Å². The number of aliphatic imine (C=N–C) groups is 1. The second kappa shape index (κ2) is 15.1. The number of nitrogens with zero attached hydrogens (tertiary/aromatic N) is 2. The maximum atomic E-state index is 13.6. The van der Waals surface area contributed by atoms with Gasteiger partial charge in [0.1, 0.15) is 5.82 Å². The van der Waals surface area contributed by atoms with E-state index in [-0.39, 0.29) is 35.7 Å². The number of thioether (sulfide) groups is 1. The monoisotopic (exact) mass is 572 g/mol. The first-order valence-electron chi connectivity index (χ1n) is 10.7. The van der Waals surface area contributed by atoms with Gasteiger partial charge in [0, 0.05) is 37.5 Å². The maximum absolute atomic E-state index is 13.6. The summed E-state index contributed by atoms with van der Waals surface area (Å²) in [5.74, 6) is 1.30. The summed E-state index contributed by atoms with van der Waals surface area (Å²) in [7, 11) is 0. The van der Waals surface area contributed by atoms with E-state index in [4.69, 9.17) is 0 Å². The molecule has 176 valence electrons. The molecule has 0 bridgehead atoms. The predicted octanol–water partition coefficient (Wildman–Crippen LogP) is 5.04. The van der Waals surface area contributed by atoms with Crippen molar-refractivity contribution in [3.05, 3.63) is 70.5 Å². The summed E-state index contributed by atoms with van der Waals surface area (Å²) in [4.78, 5) is 18.9. The van der Waals surface area contributed by atoms with Gasteiger partial charge >= 0.3 is 0 Å². The van der Waals surface area contributed by atoms with Crippen molar-refractivity contribution >= 4 is 47.6 Å². The van der Waals surface area contributed by atoms with E-state index in [1.807, 2.05) is 57.4 Å². The van der Waals surface area contributed by atoms with Gasteiger partial charge in [0.2, 0.25) is 0 Å². The first-order valence-corrected chi connectivity index (χ1v) is 12.1. The molecule has 1 amide bonds. The number of guanidine groups is 1. The van der Waals surface area contributed by atoms with Crippen LogP contribution < -0.4 is 10.6 Å². The molecule has 2 rings (SSSR count). The second-order valence-corrected chi connectivity index (χ2v) is 7.94. The van der Waals surface area contributed by atoms with Gasteiger partial charge in [-0.25, -0.2) is 9.38 Å². The minimum atomic E-state index is -0.212. The molecule has 0 aliphatic carbocycles. The molecule has 0 unspecified atom stereocenters. The zero-order valence-corrected chi connectivity index (χ0v) is 22.4. The van der Waals surface area contributed by atoms with Gasteiger partial charge in [-0.2, -0.15) is 11.8 Å². The van der Waals surface area contributed by atoms with E-state index in [0.717, 1.165) is 29.0 Å². The summed E-state index contributed by atoms with van der Waals surface area (Å²) in [5.41, 5.74) is 3.77. The number of hydrogen-bond donors (Lipinski definition) is 2. The zero-order chi connectivity index (χ0) is 22.6. The fourth-order valence-corrected chi connectivity index (χ4v) is 3.77. The summed E-state index contributed by atoms with van der Waals surface area (Å²) in [6.07, 6.45) is 2.01. The van der Waals surface area contributed by atoms with E-state index in [2.05, 4.69) is 15.6 Å². The molecule has 2 N–H and O–H groups in total. The predicted molar refractivity (Wildman–Crippen MR) is 144 cm³/mol. The Labute approximate surface area is 212 Å². The summed E-state index contributed by atoms with van der Waals surface area (Å²) in [5, 5.41) is 6.58. The van der Waals surface area contributed by atoms with Crippen LogP contribution in [0.1, 0.15) is 47.8 Å². The fraction of sp³-hybridized carbons (Fsp3) is 0.417. The second-order valence-electron chi connectivity index (χ2n) is 7.07. The third-order valence-corrected chi connectivity index (χ3v) is 5.53. The van der Waals surface area contributed by atoms with E-state index in [0.29, 0.717) is 37.7 Å². The van der Waals surface area contributed by atoms with Crippen molar-refractivity contribution in [3.63, 3.8) is 0 Å². The number of nitrogens with one attached hydrogen (secondary N) is 2. The first kappa shape index (κ1) is 28.2. The highest BCUT2D eigenvalue weighted by molar-refractivity contribution is 14.0. The average Bonchev–Trinajstić information content (AvgIpc) is 2.78. The molecule has 2 aromatic carbocycles. The van der Waals surface area contributed by atoms with Crippen LogP contribution in [-0.2, 0) is 18.8 Å². The third-order valence-electron chi connectivity index (χ3n) is 4.93. The molecular formula is C24H34FIN4OS. The highest BCUT2D eigenvalue weighted by Gasteiger charge is 2.12. The molecule has 0 fully saturated rings. The van der Waals surface area contributed by atoms with Crippen molar-refractivity contribution in [3.8, 4) is 0 Å². The smallest absolute Gasteiger partial charge is 0.253 e. The Hall–Kier alpha value is -1.81. The molecule has 0 aliphatic heterocycles. The van der Waals surface area contributed by atoms with Crippen LogP contribution in [0.2, 0.25) is 0 Å². The minimum Gasteiger partial charge on any atom is -0.357 e. The molecule has 5 nitrogen and oxygen atoms in total. The average molecular weight is 573 g/mol. The number of halogens is 2. The lowest BCUT2D eigenvalue weighted by molar-refractivity contribution is 0.0773. The van der Waals surface area contributed by atoms with Crippen molar-refractivity contribution in [2.75, 3.05) is 25.9 Å². The summed E-state index contributed by atoms with van der Waals surface area (Å²) < 4.78 is 13.6. The number of amides is 1. The van der Waals surface area contributed by atoms with Gasteiger partial charge < -0.3 is 15.5 Å². The molecule has 0 atom stereocenters. The molecule has 0 spiro atoms. The number of carbonyl (C=O) groups is 1. The van der Waals surface area contributed by atoms with Crippen LogP contribution in [0.3, 0.4) is 0 Å². The Morgan fingerprint density at radius 2 is 1.72 bits per heavy atom. The molecule has 32 heavy (non-hydrogen) atoms. The molecule has 0 aromatic heterocycles. The van der Waals surface area contributed by atoms with E-state index < -0.39 is 0 Å². The van der Waals surface area contributed by atoms with E-state index >= 15 is 0 Å². The van der Waals surface area contributed by atoms with Crippen LogP contribution in [0.25, 0.3) is 0 Å². The van der Waals surface area contributed by atoms with Gasteiger partial charge in [-0.15, -0.1) is 24.0 Å². The van der Waals surface area contributed by atoms with E-state index in [9.17, 15) is 9.18 Å². The number of benzene rings is 2. The van der Waals surface area contributed by atoms with Gasteiger partial charge in [0.25, 0.3) is 5.91 Å². The van der Waals surface area contributed by atoms with Crippen molar-refractivity contribution in [2.24, 2.45) is 4.99 Å². The summed E-state index contributed by atoms with van der Waals surface area (Å²) >= 11 is 1.67. The third kappa shape index (κ3) is 8.61. The Balaban J connectivity index is 0.00000512. The summed E-state index contributed by atoms with van der Waals surface area (Å²) in [6.45, 7) is 9.19. The molecule has 0 aliphatic rings. The minimum absolute atomic E-state index is 0. The van der Waals surface area contributed by atoms with Crippen molar-refractivity contribution in [1.82, 2.24) is 15.5 Å². The molecule has 0 heterocycles. The lowest BCUT2D eigenvalue weighted by Gasteiger charge is -2.18. The molecule has 8 heteroatoms. The highest BCUT2D eigenvalue weighted by Crippen LogP contribution is 2.16. The van der Waals surface area contributed by atoms with Gasteiger partial charge in [-0.3, -0.25) is 4.79 Å². The Morgan fingerprint density at radius 1 is 1.03 bits per heavy atom. The number of carbonyl (C=O) groups excluding carboxylic acids is 1. The van der Waals surface area contributed by atoms with Crippen LogP contribution in [0.4, 0.5) is 4.39 Å². The fourth-order valence-electron chi connectivity index (χ4n) is 3.19. The van der Waals surface area contributed by atoms with Crippen molar-refractivity contribution in [1.29, 1.82) is 0 Å². The molecule has 0 saturated carbocycles. The van der Waals surface area contributed by atoms with E-state index in [1.54, 1.807) is 22.7 Å². The van der Waals surface area contributed by atoms with Gasteiger partial charge in [0.05, 0.1) is 6.54 Å². The first-order chi connectivity index (χ1) is 15.0. The molecule has 0 radical (unpaired) electrons. The number of hydrogen-bond acceptors (Lipinski definition) is 3.